The topological polar surface area (TPSA) is 85.1 Å². The van der Waals surface area contributed by atoms with Gasteiger partial charge in [-0.1, -0.05) is 11.8 Å². The molecule has 0 atom stereocenters. The van der Waals surface area contributed by atoms with Gasteiger partial charge in [-0.25, -0.2) is 17.8 Å². The third-order valence-corrected chi connectivity index (χ3v) is 4.75. The number of halogens is 1. The number of benzene rings is 1. The zero-order valence-electron chi connectivity index (χ0n) is 11.1. The highest BCUT2D eigenvalue weighted by Crippen LogP contribution is 2.23. The molecule has 0 spiro atoms. The molecular formula is C13H12FN3O2S2. The van der Waals surface area contributed by atoms with Crippen LogP contribution in [0.4, 0.5) is 9.52 Å². The van der Waals surface area contributed by atoms with Crippen molar-refractivity contribution in [2.45, 2.75) is 11.8 Å². The highest BCUT2D eigenvalue weighted by Gasteiger charge is 2.19. The van der Waals surface area contributed by atoms with Gasteiger partial charge in [0.25, 0.3) is 10.0 Å². The highest BCUT2D eigenvalue weighted by atomic mass is 32.2. The first kappa shape index (κ1) is 15.4. The summed E-state index contributed by atoms with van der Waals surface area (Å²) in [6.45, 7) is 1.86. The van der Waals surface area contributed by atoms with Gasteiger partial charge in [-0.05, 0) is 25.1 Å². The van der Waals surface area contributed by atoms with Crippen LogP contribution in [0.2, 0.25) is 0 Å². The lowest BCUT2D eigenvalue weighted by Crippen LogP contribution is -2.14. The van der Waals surface area contributed by atoms with Crippen molar-refractivity contribution in [2.75, 3.05) is 11.3 Å². The number of sulfonamides is 1. The van der Waals surface area contributed by atoms with Crippen molar-refractivity contribution in [3.8, 4) is 11.8 Å². The second kappa shape index (κ2) is 6.22. The maximum absolute atomic E-state index is 13.3. The van der Waals surface area contributed by atoms with Gasteiger partial charge in [0.2, 0.25) is 0 Å². The fraction of sp³-hybridized carbons (Fsp3) is 0.154. The molecule has 1 aromatic carbocycles. The van der Waals surface area contributed by atoms with E-state index in [4.69, 9.17) is 5.73 Å². The van der Waals surface area contributed by atoms with Crippen LogP contribution in [0, 0.1) is 24.6 Å². The first-order chi connectivity index (χ1) is 9.92. The van der Waals surface area contributed by atoms with Crippen LogP contribution in [-0.2, 0) is 10.0 Å². The van der Waals surface area contributed by atoms with Gasteiger partial charge in [-0.3, -0.25) is 4.72 Å². The molecule has 2 aromatic rings. The molecular weight excluding hydrogens is 313 g/mol. The largest absolute Gasteiger partial charge is 0.320 e. The second-order valence-electron chi connectivity index (χ2n) is 4.03. The number of thiazole rings is 1. The van der Waals surface area contributed by atoms with Gasteiger partial charge in [0.05, 0.1) is 6.54 Å². The van der Waals surface area contributed by atoms with Crippen molar-refractivity contribution < 1.29 is 12.8 Å². The molecule has 0 bridgehead atoms. The molecule has 0 saturated heterocycles. The molecule has 0 amide bonds. The van der Waals surface area contributed by atoms with E-state index in [9.17, 15) is 12.8 Å². The number of nitrogens with zero attached hydrogens (tertiary/aromatic N) is 1. The van der Waals surface area contributed by atoms with E-state index in [0.717, 1.165) is 17.0 Å². The minimum atomic E-state index is -3.89. The number of nitrogens with one attached hydrogen (secondary N) is 1. The average Bonchev–Trinajstić information content (AvgIpc) is 2.80. The van der Waals surface area contributed by atoms with E-state index < -0.39 is 15.8 Å². The summed E-state index contributed by atoms with van der Waals surface area (Å²) in [7, 11) is -3.89. The Kier molecular flexibility index (Phi) is 4.57. The smallest absolute Gasteiger partial charge is 0.264 e. The monoisotopic (exact) mass is 325 g/mol. The van der Waals surface area contributed by atoms with E-state index in [-0.39, 0.29) is 22.1 Å². The molecule has 110 valence electrons. The average molecular weight is 325 g/mol. The normalized spacial score (nSPS) is 10.8. The van der Waals surface area contributed by atoms with Gasteiger partial charge >= 0.3 is 0 Å². The lowest BCUT2D eigenvalue weighted by atomic mass is 10.2. The molecule has 2 rings (SSSR count). The summed E-state index contributed by atoms with van der Waals surface area (Å²) < 4.78 is 40.3. The van der Waals surface area contributed by atoms with E-state index in [0.29, 0.717) is 0 Å². The molecule has 0 fully saturated rings. The number of aromatic nitrogens is 1. The van der Waals surface area contributed by atoms with Gasteiger partial charge in [0, 0.05) is 16.6 Å². The predicted octanol–water partition coefficient (Wildman–Crippen LogP) is 1.70. The van der Waals surface area contributed by atoms with Crippen molar-refractivity contribution in [2.24, 2.45) is 5.73 Å². The molecule has 3 N–H and O–H groups in total. The quantitative estimate of drug-likeness (QED) is 0.841. The number of nitrogens with two attached hydrogens (primary N) is 1. The van der Waals surface area contributed by atoms with Gasteiger partial charge in [0.1, 0.15) is 10.7 Å². The summed E-state index contributed by atoms with van der Waals surface area (Å²) in [5, 5.41) is 0.245. The van der Waals surface area contributed by atoms with E-state index in [2.05, 4.69) is 21.5 Å². The van der Waals surface area contributed by atoms with Crippen LogP contribution in [0.15, 0.2) is 29.3 Å². The SMILES string of the molecule is Cc1cnc(NS(=O)(=O)c2ccc(F)cc2C#CCN)s1. The Morgan fingerprint density at radius 3 is 2.86 bits per heavy atom. The van der Waals surface area contributed by atoms with Gasteiger partial charge in [-0.2, -0.15) is 0 Å². The van der Waals surface area contributed by atoms with E-state index in [1.165, 1.54) is 17.4 Å². The van der Waals surface area contributed by atoms with Crippen molar-refractivity contribution >= 4 is 26.5 Å². The molecule has 8 heteroatoms. The Morgan fingerprint density at radius 1 is 1.48 bits per heavy atom. The molecule has 0 aliphatic carbocycles. The zero-order chi connectivity index (χ0) is 15.5. The summed E-state index contributed by atoms with van der Waals surface area (Å²) in [4.78, 5) is 4.69. The summed E-state index contributed by atoms with van der Waals surface area (Å²) in [6.07, 6.45) is 1.56. The molecule has 0 saturated carbocycles. The van der Waals surface area contributed by atoms with Crippen LogP contribution < -0.4 is 10.5 Å². The van der Waals surface area contributed by atoms with E-state index in [1.807, 2.05) is 6.92 Å². The van der Waals surface area contributed by atoms with E-state index >= 15 is 0 Å². The summed E-state index contributed by atoms with van der Waals surface area (Å²) >= 11 is 1.20. The fourth-order valence-electron chi connectivity index (χ4n) is 1.55. The number of hydrogen-bond acceptors (Lipinski definition) is 5. The minimum absolute atomic E-state index is 0.0507. The molecule has 0 unspecified atom stereocenters. The number of rotatable bonds is 3. The van der Waals surface area contributed by atoms with Crippen molar-refractivity contribution in [3.05, 3.63) is 40.7 Å². The van der Waals surface area contributed by atoms with Crippen molar-refractivity contribution in [1.29, 1.82) is 0 Å². The molecule has 0 aliphatic rings. The van der Waals surface area contributed by atoms with Crippen LogP contribution >= 0.6 is 11.3 Å². The standard InChI is InChI=1S/C13H12FN3O2S2/c1-9-8-16-13(20-9)17-21(18,19)12-5-4-11(14)7-10(12)3-2-6-15/h4-5,7-8H,6,15H2,1H3,(H,16,17). The number of aryl methyl sites for hydroxylation is 1. The van der Waals surface area contributed by atoms with Crippen LogP contribution in [0.1, 0.15) is 10.4 Å². The highest BCUT2D eigenvalue weighted by molar-refractivity contribution is 7.93. The second-order valence-corrected chi connectivity index (χ2v) is 6.91. The lowest BCUT2D eigenvalue weighted by Gasteiger charge is -2.07. The number of anilines is 1. The minimum Gasteiger partial charge on any atom is -0.320 e. The van der Waals surface area contributed by atoms with Crippen molar-refractivity contribution in [3.63, 3.8) is 0 Å². The third kappa shape index (κ3) is 3.78. The molecule has 0 radical (unpaired) electrons. The van der Waals surface area contributed by atoms with Gasteiger partial charge < -0.3 is 5.73 Å². The molecule has 1 heterocycles. The van der Waals surface area contributed by atoms with Gasteiger partial charge in [-0.15, -0.1) is 11.3 Å². The summed E-state index contributed by atoms with van der Waals surface area (Å²) in [5.41, 5.74) is 5.32. The Morgan fingerprint density at radius 2 is 2.24 bits per heavy atom. The van der Waals surface area contributed by atoms with Crippen LogP contribution in [0.3, 0.4) is 0 Å². The lowest BCUT2D eigenvalue weighted by molar-refractivity contribution is 0.599. The van der Waals surface area contributed by atoms with Crippen LogP contribution in [0.25, 0.3) is 0 Å². The molecule has 0 aliphatic heterocycles. The fourth-order valence-corrected chi connectivity index (χ4v) is 3.60. The Labute approximate surface area is 126 Å². The van der Waals surface area contributed by atoms with Crippen LogP contribution in [0.5, 0.6) is 0 Å². The first-order valence-electron chi connectivity index (χ1n) is 5.86. The number of hydrogen-bond donors (Lipinski definition) is 2. The molecule has 1 aromatic heterocycles. The maximum atomic E-state index is 13.3. The predicted molar refractivity (Wildman–Crippen MR) is 80.0 cm³/mol. The third-order valence-electron chi connectivity index (χ3n) is 2.40. The van der Waals surface area contributed by atoms with Crippen LogP contribution in [-0.4, -0.2) is 19.9 Å². The van der Waals surface area contributed by atoms with Gasteiger partial charge in [0.15, 0.2) is 5.13 Å². The Bertz CT molecular complexity index is 819. The summed E-state index contributed by atoms with van der Waals surface area (Å²) in [5.74, 6) is 4.51. The zero-order valence-corrected chi connectivity index (χ0v) is 12.7. The first-order valence-corrected chi connectivity index (χ1v) is 8.16. The van der Waals surface area contributed by atoms with E-state index in [1.54, 1.807) is 6.20 Å². The van der Waals surface area contributed by atoms with Crippen molar-refractivity contribution in [1.82, 2.24) is 4.98 Å². The maximum Gasteiger partial charge on any atom is 0.264 e. The Balaban J connectivity index is 2.44. The summed E-state index contributed by atoms with van der Waals surface area (Å²) in [6, 6.07) is 3.29. The Hall–Kier alpha value is -1.95. The molecule has 21 heavy (non-hydrogen) atoms. The molecule has 5 nitrogen and oxygen atoms in total.